The number of carbonyl (C=O) groups excluding carboxylic acids is 4. The number of rotatable bonds is 13. The van der Waals surface area contributed by atoms with E-state index in [0.717, 1.165) is 4.47 Å². The zero-order valence-electron chi connectivity index (χ0n) is 19.4. The summed E-state index contributed by atoms with van der Waals surface area (Å²) in [7, 11) is 0. The molecule has 3 amide bonds. The molecule has 3 atom stereocenters. The van der Waals surface area contributed by atoms with E-state index >= 15 is 0 Å². The van der Waals surface area contributed by atoms with Crippen LogP contribution in [0.15, 0.2) is 28.7 Å². The lowest BCUT2D eigenvalue weighted by Gasteiger charge is -2.25. The Morgan fingerprint density at radius 1 is 1.03 bits per heavy atom. The van der Waals surface area contributed by atoms with Gasteiger partial charge in [-0.25, -0.2) is 4.39 Å². The average molecular weight is 543 g/mol. The Morgan fingerprint density at radius 2 is 1.65 bits per heavy atom. The molecule has 10 nitrogen and oxygen atoms in total. The monoisotopic (exact) mass is 542 g/mol. The molecule has 0 saturated carbocycles. The summed E-state index contributed by atoms with van der Waals surface area (Å²) >= 11 is 3.29. The highest BCUT2D eigenvalue weighted by Gasteiger charge is 2.29. The first-order valence-electron chi connectivity index (χ1n) is 10.8. The Balaban J connectivity index is 2.73. The molecule has 0 bridgehead atoms. The number of ketones is 1. The summed E-state index contributed by atoms with van der Waals surface area (Å²) in [4.78, 5) is 49.8. The van der Waals surface area contributed by atoms with Crippen molar-refractivity contribution in [1.82, 2.24) is 21.3 Å². The summed E-state index contributed by atoms with van der Waals surface area (Å²) in [5.74, 6) is -2.98. The van der Waals surface area contributed by atoms with E-state index in [2.05, 4.69) is 37.2 Å². The van der Waals surface area contributed by atoms with Crippen LogP contribution in [-0.2, 0) is 14.4 Å². The molecule has 0 saturated heterocycles. The van der Waals surface area contributed by atoms with Crippen molar-refractivity contribution in [2.24, 2.45) is 11.7 Å². The van der Waals surface area contributed by atoms with E-state index < -0.39 is 48.3 Å². The van der Waals surface area contributed by atoms with Crippen LogP contribution in [0.2, 0.25) is 0 Å². The van der Waals surface area contributed by atoms with Gasteiger partial charge in [0.2, 0.25) is 11.8 Å². The van der Waals surface area contributed by atoms with Crippen molar-refractivity contribution in [3.8, 4) is 0 Å². The van der Waals surface area contributed by atoms with Gasteiger partial charge in [-0.05, 0) is 49.9 Å². The molecule has 0 spiro atoms. The zero-order chi connectivity index (χ0) is 25.8. The van der Waals surface area contributed by atoms with Gasteiger partial charge in [-0.3, -0.25) is 24.6 Å². The third kappa shape index (κ3) is 9.86. The van der Waals surface area contributed by atoms with Crippen molar-refractivity contribution in [2.75, 3.05) is 13.2 Å². The fourth-order valence-electron chi connectivity index (χ4n) is 2.96. The third-order valence-corrected chi connectivity index (χ3v) is 5.44. The van der Waals surface area contributed by atoms with Gasteiger partial charge in [-0.2, -0.15) is 0 Å². The molecule has 34 heavy (non-hydrogen) atoms. The van der Waals surface area contributed by atoms with Gasteiger partial charge in [0.1, 0.15) is 18.8 Å². The topological polar surface area (TPSA) is 166 Å². The SMILES string of the molecule is CC(NC(=O)C(NC(=O)c1ccc(Br)cc1)C(C)C)C(=O)NC(CCCNC(=N)N)C(=O)CF. The van der Waals surface area contributed by atoms with Gasteiger partial charge in [0, 0.05) is 16.6 Å². The highest BCUT2D eigenvalue weighted by atomic mass is 79.9. The van der Waals surface area contributed by atoms with Gasteiger partial charge in [0.25, 0.3) is 5.91 Å². The van der Waals surface area contributed by atoms with Crippen LogP contribution in [0.4, 0.5) is 4.39 Å². The predicted octanol–water partition coefficient (Wildman–Crippen LogP) is 0.995. The van der Waals surface area contributed by atoms with Crippen molar-refractivity contribution in [2.45, 2.75) is 51.7 Å². The van der Waals surface area contributed by atoms with Crippen LogP contribution in [0.25, 0.3) is 0 Å². The molecule has 3 unspecified atom stereocenters. The smallest absolute Gasteiger partial charge is 0.251 e. The Morgan fingerprint density at radius 3 is 2.18 bits per heavy atom. The Labute approximate surface area is 206 Å². The number of benzene rings is 1. The lowest BCUT2D eigenvalue weighted by molar-refractivity contribution is -0.132. The van der Waals surface area contributed by atoms with Crippen LogP contribution >= 0.6 is 15.9 Å². The van der Waals surface area contributed by atoms with E-state index in [1.54, 1.807) is 38.1 Å². The Kier molecular flexibility index (Phi) is 12.2. The first-order valence-corrected chi connectivity index (χ1v) is 11.6. The van der Waals surface area contributed by atoms with Gasteiger partial charge in [0.15, 0.2) is 11.7 Å². The highest BCUT2D eigenvalue weighted by molar-refractivity contribution is 9.10. The molecule has 12 heteroatoms. The molecule has 0 aliphatic rings. The van der Waals surface area contributed by atoms with E-state index in [1.165, 1.54) is 6.92 Å². The molecular formula is C22H32BrFN6O4. The molecule has 0 aliphatic heterocycles. The van der Waals surface area contributed by atoms with Crippen LogP contribution in [0.1, 0.15) is 44.0 Å². The second kappa shape index (κ2) is 14.3. The minimum Gasteiger partial charge on any atom is -0.370 e. The lowest BCUT2D eigenvalue weighted by Crippen LogP contribution is -2.56. The molecule has 1 aromatic rings. The largest absolute Gasteiger partial charge is 0.370 e. The minimum atomic E-state index is -1.25. The number of halogens is 2. The molecule has 1 aromatic carbocycles. The van der Waals surface area contributed by atoms with Gasteiger partial charge < -0.3 is 27.0 Å². The second-order valence-corrected chi connectivity index (χ2v) is 8.99. The molecule has 1 rings (SSSR count). The number of alkyl halides is 1. The maximum Gasteiger partial charge on any atom is 0.251 e. The Hall–Kier alpha value is -3.02. The third-order valence-electron chi connectivity index (χ3n) is 4.92. The molecule has 7 N–H and O–H groups in total. The fraction of sp³-hybridized carbons (Fsp3) is 0.500. The van der Waals surface area contributed by atoms with E-state index in [0.29, 0.717) is 12.0 Å². The van der Waals surface area contributed by atoms with Crippen molar-refractivity contribution in [1.29, 1.82) is 5.41 Å². The summed E-state index contributed by atoms with van der Waals surface area (Å²) in [6, 6.07) is 3.60. The minimum absolute atomic E-state index is 0.132. The molecule has 0 aromatic heterocycles. The second-order valence-electron chi connectivity index (χ2n) is 8.08. The van der Waals surface area contributed by atoms with Gasteiger partial charge in [-0.1, -0.05) is 29.8 Å². The maximum atomic E-state index is 12.9. The van der Waals surface area contributed by atoms with Crippen molar-refractivity contribution >= 4 is 45.4 Å². The standard InChI is InChI=1S/C22H32BrFN6O4/c1-12(2)18(30-20(33)14-6-8-15(23)9-7-14)21(34)28-13(3)19(32)29-16(17(31)11-24)5-4-10-27-22(25)26/h6-9,12-13,16,18H,4-5,10-11H2,1-3H3,(H,28,34)(H,29,32)(H,30,33)(H4,25,26,27). The molecule has 188 valence electrons. The molecule has 0 aliphatic carbocycles. The van der Waals surface area contributed by atoms with Crippen molar-refractivity contribution < 1.29 is 23.6 Å². The van der Waals surface area contributed by atoms with Gasteiger partial charge in [-0.15, -0.1) is 0 Å². The maximum absolute atomic E-state index is 12.9. The number of nitrogens with two attached hydrogens (primary N) is 1. The number of Topliss-reactive ketones (excluding diaryl/α,β-unsaturated/α-hetero) is 1. The summed E-state index contributed by atoms with van der Waals surface area (Å²) in [5, 5.41) is 17.3. The van der Waals surface area contributed by atoms with Gasteiger partial charge in [0.05, 0.1) is 6.04 Å². The highest BCUT2D eigenvalue weighted by Crippen LogP contribution is 2.11. The van der Waals surface area contributed by atoms with Crippen LogP contribution in [0, 0.1) is 11.3 Å². The fourth-order valence-corrected chi connectivity index (χ4v) is 3.23. The van der Waals surface area contributed by atoms with Crippen LogP contribution in [0.5, 0.6) is 0 Å². The van der Waals surface area contributed by atoms with Crippen LogP contribution in [-0.4, -0.2) is 60.8 Å². The molecule has 0 fully saturated rings. The van der Waals surface area contributed by atoms with E-state index in [1.807, 2.05) is 0 Å². The van der Waals surface area contributed by atoms with Crippen molar-refractivity contribution in [3.63, 3.8) is 0 Å². The zero-order valence-corrected chi connectivity index (χ0v) is 21.0. The predicted molar refractivity (Wildman–Crippen MR) is 130 cm³/mol. The summed E-state index contributed by atoms with van der Waals surface area (Å²) in [5.41, 5.74) is 5.56. The summed E-state index contributed by atoms with van der Waals surface area (Å²) < 4.78 is 13.7. The quantitative estimate of drug-likeness (QED) is 0.123. The number of hydrogen-bond acceptors (Lipinski definition) is 5. The molecular weight excluding hydrogens is 511 g/mol. The first-order chi connectivity index (χ1) is 16.0. The van der Waals surface area contributed by atoms with Crippen LogP contribution < -0.4 is 27.0 Å². The molecule has 0 heterocycles. The Bertz CT molecular complexity index is 881. The normalized spacial score (nSPS) is 13.4. The number of hydrogen-bond donors (Lipinski definition) is 6. The number of guanidine groups is 1. The summed E-state index contributed by atoms with van der Waals surface area (Å²) in [6.45, 7) is 3.96. The number of carbonyl (C=O) groups is 4. The first kappa shape index (κ1) is 29.0. The molecule has 0 radical (unpaired) electrons. The van der Waals surface area contributed by atoms with E-state index in [4.69, 9.17) is 11.1 Å². The average Bonchev–Trinajstić information content (AvgIpc) is 2.78. The van der Waals surface area contributed by atoms with Crippen LogP contribution in [0.3, 0.4) is 0 Å². The summed E-state index contributed by atoms with van der Waals surface area (Å²) in [6.07, 6.45) is 0.488. The van der Waals surface area contributed by atoms with Crippen molar-refractivity contribution in [3.05, 3.63) is 34.3 Å². The van der Waals surface area contributed by atoms with Gasteiger partial charge >= 0.3 is 0 Å². The van der Waals surface area contributed by atoms with E-state index in [-0.39, 0.29) is 24.8 Å². The number of amides is 3. The lowest BCUT2D eigenvalue weighted by atomic mass is 10.0. The number of nitrogens with one attached hydrogen (secondary N) is 5. The van der Waals surface area contributed by atoms with E-state index in [9.17, 15) is 23.6 Å².